The van der Waals surface area contributed by atoms with Crippen molar-refractivity contribution in [2.24, 2.45) is 0 Å². The van der Waals surface area contributed by atoms with E-state index in [4.69, 9.17) is 9.47 Å². The van der Waals surface area contributed by atoms with Gasteiger partial charge in [0, 0.05) is 43.5 Å². The van der Waals surface area contributed by atoms with E-state index in [0.29, 0.717) is 30.2 Å². The van der Waals surface area contributed by atoms with Crippen molar-refractivity contribution < 1.29 is 23.0 Å². The predicted octanol–water partition coefficient (Wildman–Crippen LogP) is 5.09. The number of aromatic nitrogens is 3. The van der Waals surface area contributed by atoms with Gasteiger partial charge in [0.25, 0.3) is 11.8 Å². The van der Waals surface area contributed by atoms with Gasteiger partial charge in [-0.15, -0.1) is 0 Å². The number of rotatable bonds is 8. The van der Waals surface area contributed by atoms with Gasteiger partial charge in [-0.1, -0.05) is 25.1 Å². The number of nitrogens with zero attached hydrogens (tertiary/aromatic N) is 4. The van der Waals surface area contributed by atoms with Crippen molar-refractivity contribution >= 4 is 11.7 Å². The highest BCUT2D eigenvalue weighted by Gasteiger charge is 2.40. The number of benzene rings is 1. The highest BCUT2D eigenvalue weighted by molar-refractivity contribution is 5.75. The van der Waals surface area contributed by atoms with Crippen LogP contribution in [-0.4, -0.2) is 63.6 Å². The zero-order chi connectivity index (χ0) is 25.9. The van der Waals surface area contributed by atoms with Gasteiger partial charge in [0.15, 0.2) is 5.65 Å². The van der Waals surface area contributed by atoms with Crippen LogP contribution in [0.3, 0.4) is 0 Å². The van der Waals surface area contributed by atoms with Crippen molar-refractivity contribution in [1.29, 1.82) is 0 Å². The SMILES string of the molecule is CC[C@@H](NC(=O)N(CC)[C@H](C)c1cccc(-c2cn3ccnc3c(OC)n2)c1)C1CC(F)(F)CCO1. The third-order valence-corrected chi connectivity index (χ3v) is 6.77. The van der Waals surface area contributed by atoms with Crippen molar-refractivity contribution in [3.05, 3.63) is 48.4 Å². The minimum absolute atomic E-state index is 0.00555. The Morgan fingerprint density at radius 3 is 2.89 bits per heavy atom. The van der Waals surface area contributed by atoms with Crippen LogP contribution < -0.4 is 10.1 Å². The summed E-state index contributed by atoms with van der Waals surface area (Å²) in [6.45, 7) is 6.15. The van der Waals surface area contributed by atoms with Gasteiger partial charge >= 0.3 is 6.03 Å². The highest BCUT2D eigenvalue weighted by atomic mass is 19.3. The molecule has 3 aromatic rings. The summed E-state index contributed by atoms with van der Waals surface area (Å²) >= 11 is 0. The number of alkyl halides is 2. The number of carbonyl (C=O) groups excluding carboxylic acids is 1. The van der Waals surface area contributed by atoms with E-state index in [2.05, 4.69) is 15.3 Å². The van der Waals surface area contributed by atoms with E-state index < -0.39 is 18.1 Å². The fraction of sp³-hybridized carbons (Fsp3) is 0.500. The maximum atomic E-state index is 13.9. The molecule has 1 unspecified atom stereocenters. The molecular weight excluding hydrogens is 468 g/mol. The highest BCUT2D eigenvalue weighted by Crippen LogP contribution is 2.32. The van der Waals surface area contributed by atoms with Gasteiger partial charge < -0.3 is 24.1 Å². The molecule has 0 aliphatic carbocycles. The molecule has 194 valence electrons. The number of amides is 2. The van der Waals surface area contributed by atoms with E-state index in [1.807, 2.05) is 61.8 Å². The zero-order valence-corrected chi connectivity index (χ0v) is 21.1. The Balaban J connectivity index is 1.53. The minimum Gasteiger partial charge on any atom is -0.478 e. The number of nitrogens with one attached hydrogen (secondary N) is 1. The molecule has 8 nitrogen and oxygen atoms in total. The fourth-order valence-electron chi connectivity index (χ4n) is 4.68. The maximum Gasteiger partial charge on any atom is 0.318 e. The summed E-state index contributed by atoms with van der Waals surface area (Å²) in [5.41, 5.74) is 3.13. The van der Waals surface area contributed by atoms with Crippen LogP contribution in [0.1, 0.15) is 51.6 Å². The second kappa shape index (κ2) is 10.8. The topological polar surface area (TPSA) is 81.0 Å². The number of fused-ring (bicyclic) bond motifs is 1. The van der Waals surface area contributed by atoms with E-state index >= 15 is 0 Å². The standard InChI is InChI=1S/C26H33F2N5O3/c1-5-20(22-15-26(27,28)10-13-36-22)31-25(34)33(6-2)17(3)18-8-7-9-19(14-18)21-16-32-12-11-29-23(32)24(30-21)35-4/h7-9,11-12,14,16-17,20,22H,5-6,10,13,15H2,1-4H3,(H,31,34)/t17-,20-,22?/m1/s1. The number of urea groups is 1. The van der Waals surface area contributed by atoms with Gasteiger partial charge in [-0.05, 0) is 31.9 Å². The van der Waals surface area contributed by atoms with Crippen molar-refractivity contribution in [2.75, 3.05) is 20.3 Å². The summed E-state index contributed by atoms with van der Waals surface area (Å²) < 4.78 is 40.7. The quantitative estimate of drug-likeness (QED) is 0.465. The molecule has 1 aliphatic rings. The lowest BCUT2D eigenvalue weighted by molar-refractivity contribution is -0.135. The van der Waals surface area contributed by atoms with E-state index in [9.17, 15) is 13.6 Å². The van der Waals surface area contributed by atoms with Gasteiger partial charge in [-0.2, -0.15) is 0 Å². The summed E-state index contributed by atoms with van der Waals surface area (Å²) in [6.07, 6.45) is 4.52. The molecule has 1 fully saturated rings. The molecule has 1 aliphatic heterocycles. The molecule has 0 radical (unpaired) electrons. The number of methoxy groups -OCH3 is 1. The molecule has 36 heavy (non-hydrogen) atoms. The van der Waals surface area contributed by atoms with Gasteiger partial charge in [-0.3, -0.25) is 0 Å². The van der Waals surface area contributed by atoms with Crippen LogP contribution in [0.25, 0.3) is 16.9 Å². The summed E-state index contributed by atoms with van der Waals surface area (Å²) in [4.78, 5) is 23.8. The molecule has 1 N–H and O–H groups in total. The Morgan fingerprint density at radius 2 is 2.19 bits per heavy atom. The van der Waals surface area contributed by atoms with E-state index in [1.165, 1.54) is 0 Å². The van der Waals surface area contributed by atoms with Crippen molar-refractivity contribution in [3.63, 3.8) is 0 Å². The average Bonchev–Trinajstić information content (AvgIpc) is 3.35. The number of imidazole rings is 1. The number of halogens is 2. The second-order valence-corrected chi connectivity index (χ2v) is 9.06. The lowest BCUT2D eigenvalue weighted by Crippen LogP contribution is -2.52. The van der Waals surface area contributed by atoms with Crippen LogP contribution in [0.2, 0.25) is 0 Å². The molecule has 2 amide bonds. The summed E-state index contributed by atoms with van der Waals surface area (Å²) in [6, 6.07) is 6.76. The normalized spacial score (nSPS) is 19.0. The van der Waals surface area contributed by atoms with Crippen molar-refractivity contribution in [1.82, 2.24) is 24.6 Å². The number of ether oxygens (including phenoxy) is 2. The molecule has 3 atom stereocenters. The Bertz CT molecular complexity index is 1200. The van der Waals surface area contributed by atoms with Gasteiger partial charge in [0.2, 0.25) is 0 Å². The molecule has 3 heterocycles. The third-order valence-electron chi connectivity index (χ3n) is 6.77. The smallest absolute Gasteiger partial charge is 0.318 e. The van der Waals surface area contributed by atoms with Crippen molar-refractivity contribution in [2.45, 2.75) is 64.1 Å². The molecular formula is C26H33F2N5O3. The minimum atomic E-state index is -2.77. The number of carbonyl (C=O) groups is 1. The van der Waals surface area contributed by atoms with E-state index in [0.717, 1.165) is 11.1 Å². The average molecular weight is 502 g/mol. The molecule has 4 rings (SSSR count). The molecule has 10 heteroatoms. The van der Waals surface area contributed by atoms with Crippen LogP contribution in [0.5, 0.6) is 5.88 Å². The monoisotopic (exact) mass is 501 g/mol. The van der Waals surface area contributed by atoms with Crippen LogP contribution >= 0.6 is 0 Å². The fourth-order valence-corrected chi connectivity index (χ4v) is 4.68. The third kappa shape index (κ3) is 5.43. The van der Waals surface area contributed by atoms with Gasteiger partial charge in [-0.25, -0.2) is 23.5 Å². The first-order valence-electron chi connectivity index (χ1n) is 12.3. The Morgan fingerprint density at radius 1 is 1.39 bits per heavy atom. The Hall–Kier alpha value is -3.27. The second-order valence-electron chi connectivity index (χ2n) is 9.06. The Kier molecular flexibility index (Phi) is 7.73. The van der Waals surface area contributed by atoms with Gasteiger partial charge in [0.05, 0.1) is 37.6 Å². The van der Waals surface area contributed by atoms with E-state index in [1.54, 1.807) is 18.2 Å². The maximum absolute atomic E-state index is 13.9. The number of hydrogen-bond acceptors (Lipinski definition) is 5. The Labute approximate surface area is 209 Å². The molecule has 2 aromatic heterocycles. The van der Waals surface area contributed by atoms with Crippen molar-refractivity contribution in [3.8, 4) is 17.1 Å². The van der Waals surface area contributed by atoms with Crippen LogP contribution in [0.15, 0.2) is 42.9 Å². The number of hydrogen-bond donors (Lipinski definition) is 1. The van der Waals surface area contributed by atoms with Crippen LogP contribution in [0.4, 0.5) is 13.6 Å². The predicted molar refractivity (Wildman–Crippen MR) is 132 cm³/mol. The molecule has 0 spiro atoms. The molecule has 0 saturated carbocycles. The lowest BCUT2D eigenvalue weighted by Gasteiger charge is -2.36. The van der Waals surface area contributed by atoms with Crippen LogP contribution in [-0.2, 0) is 4.74 Å². The zero-order valence-electron chi connectivity index (χ0n) is 21.1. The molecule has 0 bridgehead atoms. The first-order chi connectivity index (χ1) is 17.3. The summed E-state index contributed by atoms with van der Waals surface area (Å²) in [5.74, 6) is -2.35. The first kappa shape index (κ1) is 25.8. The van der Waals surface area contributed by atoms with Crippen LogP contribution in [0, 0.1) is 0 Å². The first-order valence-corrected chi connectivity index (χ1v) is 12.3. The summed E-state index contributed by atoms with van der Waals surface area (Å²) in [7, 11) is 1.56. The lowest BCUT2D eigenvalue weighted by atomic mass is 9.97. The molecule has 1 saturated heterocycles. The largest absolute Gasteiger partial charge is 0.478 e. The van der Waals surface area contributed by atoms with E-state index in [-0.39, 0.29) is 31.5 Å². The molecule has 1 aromatic carbocycles. The van der Waals surface area contributed by atoms with Gasteiger partial charge in [0.1, 0.15) is 0 Å². The summed E-state index contributed by atoms with van der Waals surface area (Å²) in [5, 5.41) is 2.94.